The van der Waals surface area contributed by atoms with E-state index in [9.17, 15) is 9.18 Å². The molecule has 0 aromatic carbocycles. The molecule has 1 N–H and O–H groups in total. The number of aliphatic imine (C=N–C) groups is 1. The third-order valence-electron chi connectivity index (χ3n) is 5.77. The third-order valence-corrected chi connectivity index (χ3v) is 5.77. The fourth-order valence-electron chi connectivity index (χ4n) is 4.28. The number of nitrogens with zero attached hydrogens (tertiary/aromatic N) is 5. The Balaban J connectivity index is 1.43. The lowest BCUT2D eigenvalue weighted by Gasteiger charge is -2.43. The predicted molar refractivity (Wildman–Crippen MR) is 111 cm³/mol. The topological polar surface area (TPSA) is 65.2 Å². The van der Waals surface area contributed by atoms with Crippen molar-refractivity contribution >= 4 is 17.9 Å². The number of fused-ring (bicyclic) bond motifs is 1. The van der Waals surface area contributed by atoms with E-state index in [1.807, 2.05) is 54.5 Å². The summed E-state index contributed by atoms with van der Waals surface area (Å²) in [6.07, 6.45) is 4.96. The highest BCUT2D eigenvalue weighted by molar-refractivity contribution is 5.78. The predicted octanol–water partition coefficient (Wildman–Crippen LogP) is 3.01. The number of allylic oxidation sites excluding steroid dienone is 1. The normalized spacial score (nSPS) is 23.6. The molecule has 2 aromatic heterocycles. The van der Waals surface area contributed by atoms with Crippen LogP contribution in [0.15, 0.2) is 47.1 Å². The van der Waals surface area contributed by atoms with Crippen LogP contribution < -0.4 is 5.32 Å². The minimum atomic E-state index is -0.254. The van der Waals surface area contributed by atoms with E-state index in [1.54, 1.807) is 6.20 Å². The van der Waals surface area contributed by atoms with Gasteiger partial charge in [0.15, 0.2) is 5.83 Å². The lowest BCUT2D eigenvalue weighted by molar-refractivity contribution is 0.111. The molecule has 4 heterocycles. The molecule has 154 valence electrons. The minimum absolute atomic E-state index is 0.0219. The van der Waals surface area contributed by atoms with Crippen LogP contribution in [-0.4, -0.2) is 63.7 Å². The Morgan fingerprint density at radius 2 is 2.14 bits per heavy atom. The van der Waals surface area contributed by atoms with Gasteiger partial charge in [0, 0.05) is 56.2 Å². The monoisotopic (exact) mass is 398 g/mol. The van der Waals surface area contributed by atoms with Crippen LogP contribution in [0.2, 0.25) is 0 Å². The molecule has 0 unspecified atom stereocenters. The summed E-state index contributed by atoms with van der Waals surface area (Å²) in [5.74, 6) is -0.195. The fourth-order valence-corrected chi connectivity index (χ4v) is 4.28. The number of amides is 2. The van der Waals surface area contributed by atoms with Gasteiger partial charge in [0.2, 0.25) is 0 Å². The van der Waals surface area contributed by atoms with Crippen molar-refractivity contribution in [3.05, 3.63) is 47.8 Å². The van der Waals surface area contributed by atoms with Crippen LogP contribution in [0.4, 0.5) is 9.18 Å². The van der Waals surface area contributed by atoms with Crippen LogP contribution >= 0.6 is 0 Å². The van der Waals surface area contributed by atoms with Gasteiger partial charge in [-0.15, -0.1) is 0 Å². The second kappa shape index (κ2) is 7.85. The summed E-state index contributed by atoms with van der Waals surface area (Å²) in [6.45, 7) is 8.35. The highest BCUT2D eigenvalue weighted by Crippen LogP contribution is 2.26. The number of carbonyl (C=O) groups excluding carboxylic acids is 1. The summed E-state index contributed by atoms with van der Waals surface area (Å²) in [6, 6.07) is 5.58. The van der Waals surface area contributed by atoms with E-state index >= 15 is 0 Å². The average molecular weight is 398 g/mol. The van der Waals surface area contributed by atoms with E-state index in [4.69, 9.17) is 0 Å². The number of hydrogen-bond donors (Lipinski definition) is 1. The zero-order valence-electron chi connectivity index (χ0n) is 17.0. The Bertz CT molecular complexity index is 967. The first-order valence-electron chi connectivity index (χ1n) is 10.1. The van der Waals surface area contributed by atoms with Crippen molar-refractivity contribution in [3.8, 4) is 0 Å². The molecule has 8 heteroatoms. The van der Waals surface area contributed by atoms with Crippen molar-refractivity contribution < 1.29 is 9.18 Å². The number of piperazine rings is 1. The van der Waals surface area contributed by atoms with Crippen LogP contribution in [0.5, 0.6) is 0 Å². The van der Waals surface area contributed by atoms with Gasteiger partial charge in [0.05, 0.1) is 18.0 Å². The van der Waals surface area contributed by atoms with Crippen molar-refractivity contribution in [2.24, 2.45) is 10.9 Å². The maximum absolute atomic E-state index is 14.3. The van der Waals surface area contributed by atoms with Crippen molar-refractivity contribution in [1.29, 1.82) is 0 Å². The molecule has 3 atom stereocenters. The Hall–Kier alpha value is -2.90. The highest BCUT2D eigenvalue weighted by atomic mass is 19.1. The molecular weight excluding hydrogens is 371 g/mol. The number of halogens is 1. The Morgan fingerprint density at radius 1 is 1.31 bits per heavy atom. The van der Waals surface area contributed by atoms with Gasteiger partial charge in [-0.1, -0.05) is 13.0 Å². The Morgan fingerprint density at radius 3 is 2.90 bits per heavy atom. The van der Waals surface area contributed by atoms with E-state index < -0.39 is 0 Å². The first kappa shape index (κ1) is 19.4. The van der Waals surface area contributed by atoms with Gasteiger partial charge >= 0.3 is 6.03 Å². The minimum Gasteiger partial charge on any atom is -0.368 e. The smallest absolute Gasteiger partial charge is 0.318 e. The zero-order chi connectivity index (χ0) is 20.5. The molecule has 0 bridgehead atoms. The molecule has 2 aliphatic rings. The zero-order valence-corrected chi connectivity index (χ0v) is 17.0. The number of rotatable bonds is 3. The van der Waals surface area contributed by atoms with E-state index in [-0.39, 0.29) is 29.9 Å². The summed E-state index contributed by atoms with van der Waals surface area (Å²) in [5, 5.41) is 3.10. The van der Waals surface area contributed by atoms with Gasteiger partial charge in [0.25, 0.3) is 0 Å². The first-order valence-corrected chi connectivity index (χ1v) is 10.1. The summed E-state index contributed by atoms with van der Waals surface area (Å²) >= 11 is 0. The van der Waals surface area contributed by atoms with Crippen LogP contribution in [0.3, 0.4) is 0 Å². The molecule has 0 spiro atoms. The van der Waals surface area contributed by atoms with Crippen molar-refractivity contribution in [2.45, 2.75) is 32.9 Å². The largest absolute Gasteiger partial charge is 0.368 e. The molecule has 29 heavy (non-hydrogen) atoms. The summed E-state index contributed by atoms with van der Waals surface area (Å²) < 4.78 is 16.3. The number of nitrogens with one attached hydrogen (secondary N) is 1. The molecule has 2 aliphatic heterocycles. The number of urea groups is 1. The molecule has 7 nitrogen and oxygen atoms in total. The molecule has 0 saturated carbocycles. The molecule has 0 aliphatic carbocycles. The van der Waals surface area contributed by atoms with Crippen molar-refractivity contribution in [3.63, 3.8) is 0 Å². The Labute approximate surface area is 169 Å². The molecular formula is C21H27FN6O. The van der Waals surface area contributed by atoms with Crippen molar-refractivity contribution in [1.82, 2.24) is 24.5 Å². The van der Waals surface area contributed by atoms with Crippen molar-refractivity contribution in [2.75, 3.05) is 26.2 Å². The van der Waals surface area contributed by atoms with E-state index in [0.717, 1.165) is 11.3 Å². The van der Waals surface area contributed by atoms with Gasteiger partial charge in [-0.25, -0.2) is 14.2 Å². The molecule has 0 radical (unpaired) electrons. The Kier molecular flexibility index (Phi) is 5.25. The molecule has 4 rings (SSSR count). The van der Waals surface area contributed by atoms with Crippen LogP contribution in [0.1, 0.15) is 32.5 Å². The number of pyridine rings is 1. The third kappa shape index (κ3) is 3.71. The SMILES string of the molecule is C[C@@H]1CN(C2=C(F)C=NC[C@@H]2C)CCN1C(=O)N[C@H](C)c1cccc2nccn12. The van der Waals surface area contributed by atoms with Gasteiger partial charge in [-0.05, 0) is 26.0 Å². The van der Waals surface area contributed by atoms with E-state index in [1.165, 1.54) is 6.21 Å². The molecule has 1 saturated heterocycles. The molecule has 2 amide bonds. The number of hydrogen-bond acceptors (Lipinski definition) is 4. The summed E-state index contributed by atoms with van der Waals surface area (Å²) in [5.41, 5.74) is 2.54. The van der Waals surface area contributed by atoms with Gasteiger partial charge in [-0.3, -0.25) is 4.99 Å². The lowest BCUT2D eigenvalue weighted by Crippen LogP contribution is -2.57. The van der Waals surface area contributed by atoms with Crippen LogP contribution in [-0.2, 0) is 0 Å². The van der Waals surface area contributed by atoms with Gasteiger partial charge in [0.1, 0.15) is 5.65 Å². The van der Waals surface area contributed by atoms with Crippen LogP contribution in [0.25, 0.3) is 5.65 Å². The number of aromatic nitrogens is 2. The number of imidazole rings is 1. The summed E-state index contributed by atoms with van der Waals surface area (Å²) in [4.78, 5) is 25.2. The maximum atomic E-state index is 14.3. The molecule has 1 fully saturated rings. The second-order valence-corrected chi connectivity index (χ2v) is 7.89. The first-order chi connectivity index (χ1) is 14.0. The van der Waals surface area contributed by atoms with E-state index in [2.05, 4.69) is 20.2 Å². The van der Waals surface area contributed by atoms with Crippen LogP contribution in [0, 0.1) is 5.92 Å². The van der Waals surface area contributed by atoms with Gasteiger partial charge in [-0.2, -0.15) is 0 Å². The average Bonchev–Trinajstić information content (AvgIpc) is 3.16. The lowest BCUT2D eigenvalue weighted by atomic mass is 10.0. The standard InChI is InChI=1S/C21H27FN6O/c1-14-11-23-12-17(22)20(14)26-9-10-27(15(2)13-26)21(29)25-16(3)18-5-4-6-19-24-7-8-28(18)19/h4-8,12,14-16H,9-11,13H2,1-3H3,(H,25,29)/t14-,15+,16+/m0/s1. The fraction of sp³-hybridized carbons (Fsp3) is 0.476. The highest BCUT2D eigenvalue weighted by Gasteiger charge is 2.32. The molecule has 2 aromatic rings. The number of carbonyl (C=O) groups is 1. The second-order valence-electron chi connectivity index (χ2n) is 7.89. The summed E-state index contributed by atoms with van der Waals surface area (Å²) in [7, 11) is 0. The van der Waals surface area contributed by atoms with Gasteiger partial charge < -0.3 is 19.5 Å². The maximum Gasteiger partial charge on any atom is 0.318 e. The number of dihydropyridines is 1. The van der Waals surface area contributed by atoms with E-state index in [0.29, 0.717) is 31.9 Å². The quantitative estimate of drug-likeness (QED) is 0.864.